The first-order valence-electron chi connectivity index (χ1n) is 39.7. The van der Waals surface area contributed by atoms with Crippen molar-refractivity contribution in [3.05, 3.63) is 90.0 Å². The molecular formula is C86H116N4S6. The number of nitrogens with zero attached hydrogens (tertiary/aromatic N) is 4. The average Bonchev–Trinajstić information content (AvgIpc) is 1.49. The summed E-state index contributed by atoms with van der Waals surface area (Å²) in [5, 5.41) is 0. The van der Waals surface area contributed by atoms with E-state index in [9.17, 15) is 0 Å². The van der Waals surface area contributed by atoms with E-state index < -0.39 is 0 Å². The number of benzene rings is 3. The number of fused-ring (bicyclic) bond motifs is 18. The van der Waals surface area contributed by atoms with Gasteiger partial charge in [-0.05, 0) is 157 Å². The second-order valence-electron chi connectivity index (χ2n) is 30.9. The lowest BCUT2D eigenvalue weighted by atomic mass is 9.68. The van der Waals surface area contributed by atoms with E-state index in [0.29, 0.717) is 0 Å². The van der Waals surface area contributed by atoms with Crippen LogP contribution in [-0.2, 0) is 21.7 Å². The number of hydrogen-bond donors (Lipinski definition) is 0. The molecule has 4 aliphatic rings. The van der Waals surface area contributed by atoms with Crippen molar-refractivity contribution in [1.29, 1.82) is 0 Å². The summed E-state index contributed by atoms with van der Waals surface area (Å²) >= 11 is 11.7. The topological polar surface area (TPSA) is 51.6 Å². The van der Waals surface area contributed by atoms with Crippen LogP contribution in [0.2, 0.25) is 0 Å². The molecule has 0 atom stereocenters. The van der Waals surface area contributed by atoms with Crippen molar-refractivity contribution in [2.45, 2.75) is 348 Å². The minimum atomic E-state index is -0.152. The molecule has 13 rings (SSSR count). The molecule has 0 amide bonds. The van der Waals surface area contributed by atoms with E-state index in [4.69, 9.17) is 17.5 Å². The molecule has 6 aromatic heterocycles. The van der Waals surface area contributed by atoms with Gasteiger partial charge in [0.15, 0.2) is 0 Å². The van der Waals surface area contributed by atoms with E-state index in [0.717, 1.165) is 34.9 Å². The van der Waals surface area contributed by atoms with E-state index in [1.165, 1.54) is 315 Å². The van der Waals surface area contributed by atoms with Gasteiger partial charge in [0.05, 0.1) is 32.9 Å². The Balaban J connectivity index is 1.04. The van der Waals surface area contributed by atoms with Gasteiger partial charge >= 0.3 is 0 Å². The third-order valence-corrected chi connectivity index (χ3v) is 30.3. The van der Waals surface area contributed by atoms with Gasteiger partial charge in [0.2, 0.25) is 0 Å². The van der Waals surface area contributed by atoms with Gasteiger partial charge in [0, 0.05) is 67.3 Å². The summed E-state index contributed by atoms with van der Waals surface area (Å²) in [6.07, 6.45) is 51.0. The molecule has 0 fully saturated rings. The third kappa shape index (κ3) is 12.5. The Morgan fingerprint density at radius 1 is 0.302 bits per heavy atom. The molecule has 96 heavy (non-hydrogen) atoms. The first-order chi connectivity index (χ1) is 47.1. The highest BCUT2D eigenvalue weighted by Gasteiger charge is 2.59. The zero-order chi connectivity index (χ0) is 66.6. The maximum absolute atomic E-state index is 5.62. The number of aromatic nitrogens is 4. The monoisotopic (exact) mass is 1400 g/mol. The second-order valence-corrected chi connectivity index (χ2v) is 36.3. The number of unbranched alkanes of at least 4 members (excludes halogenated alkanes) is 24. The molecule has 4 nitrogen and oxygen atoms in total. The maximum atomic E-state index is 5.62. The number of aryl methyl sites for hydroxylation is 2. The summed E-state index contributed by atoms with van der Waals surface area (Å²) < 4.78 is 27.9. The van der Waals surface area contributed by atoms with E-state index in [1.54, 1.807) is 57.2 Å². The Morgan fingerprint density at radius 2 is 0.635 bits per heavy atom. The summed E-state index contributed by atoms with van der Waals surface area (Å²) in [6, 6.07) is 16.3. The Morgan fingerprint density at radius 3 is 1.04 bits per heavy atom. The third-order valence-electron chi connectivity index (χ3n) is 24.4. The molecule has 516 valence electrons. The Kier molecular flexibility index (Phi) is 23.1. The molecule has 9 aromatic rings. The van der Waals surface area contributed by atoms with Gasteiger partial charge in [0.25, 0.3) is 0 Å². The number of allylic oxidation sites excluding steroid dienone is 2. The lowest BCUT2D eigenvalue weighted by molar-refractivity contribution is 0.397. The highest BCUT2D eigenvalue weighted by Crippen LogP contribution is 2.74. The minimum absolute atomic E-state index is 0.000210. The zero-order valence-electron chi connectivity index (χ0n) is 61.0. The maximum Gasteiger partial charge on any atom is 0.114 e. The van der Waals surface area contributed by atoms with Crippen molar-refractivity contribution in [2.75, 3.05) is 0 Å². The van der Waals surface area contributed by atoms with E-state index in [-0.39, 0.29) is 21.7 Å². The predicted molar refractivity (Wildman–Crippen MR) is 429 cm³/mol. The first-order valence-corrected chi connectivity index (χ1v) is 44.4. The van der Waals surface area contributed by atoms with E-state index >= 15 is 0 Å². The summed E-state index contributed by atoms with van der Waals surface area (Å²) in [4.78, 5) is 6.34. The van der Waals surface area contributed by atoms with Gasteiger partial charge in [-0.15, -0.1) is 45.3 Å². The van der Waals surface area contributed by atoms with E-state index in [2.05, 4.69) is 151 Å². The molecule has 0 saturated carbocycles. The molecule has 0 N–H and O–H groups in total. The molecule has 3 aromatic carbocycles. The first kappa shape index (κ1) is 70.8. The Hall–Kier alpha value is -3.64. The minimum Gasteiger partial charge on any atom is -0.173 e. The molecule has 0 spiro atoms. The molecule has 0 unspecified atom stereocenters. The van der Waals surface area contributed by atoms with Crippen LogP contribution in [0.15, 0.2) is 36.4 Å². The fourth-order valence-electron chi connectivity index (χ4n) is 19.7. The fourth-order valence-corrected chi connectivity index (χ4v) is 26.7. The average molecular weight is 1400 g/mol. The largest absolute Gasteiger partial charge is 0.173 e. The van der Waals surface area contributed by atoms with Crippen molar-refractivity contribution in [3.8, 4) is 32.7 Å². The lowest BCUT2D eigenvalue weighted by Gasteiger charge is -2.35. The van der Waals surface area contributed by atoms with Crippen molar-refractivity contribution >= 4 is 121 Å². The van der Waals surface area contributed by atoms with Crippen LogP contribution < -0.4 is 0 Å². The standard InChI is InChI=1S/C86H116N4S6/c1-11-19-27-35-43-83(44-36-28-20-12-2)62-54-60-63(53-59(62)69-64(83)51-57(9)75-77(69)89-95-87-75)84(45-37-29-21-13-3,46-38-30-22-14-4)65-55-61(76-78(70(60)65)90-96-88-76)66-56-68-80(92-66)74-82(94-68)72-71(86(74,49-41-33-25-17-7)50-42-34-26-18-8)81-73(79-67(93-81)52-58(10)91-79)85(72,47-39-31-23-15-5)48-40-32-24-16-6/h51-56H,11-50H2,1-10H3. The summed E-state index contributed by atoms with van der Waals surface area (Å²) in [6.45, 7) is 23.9. The van der Waals surface area contributed by atoms with Crippen LogP contribution in [0.4, 0.5) is 0 Å². The van der Waals surface area contributed by atoms with Crippen LogP contribution in [0.1, 0.15) is 366 Å². The van der Waals surface area contributed by atoms with Crippen LogP contribution in [0.25, 0.3) is 84.7 Å². The smallest absolute Gasteiger partial charge is 0.114 e. The van der Waals surface area contributed by atoms with Gasteiger partial charge in [0.1, 0.15) is 22.1 Å². The number of hydrogen-bond acceptors (Lipinski definition) is 10. The Labute approximate surface area is 603 Å². The molecule has 10 heteroatoms. The molecular weight excluding hydrogens is 1280 g/mol. The van der Waals surface area contributed by atoms with Crippen LogP contribution >= 0.6 is 68.8 Å². The van der Waals surface area contributed by atoms with Crippen LogP contribution in [-0.4, -0.2) is 17.5 Å². The van der Waals surface area contributed by atoms with Crippen LogP contribution in [0.5, 0.6) is 0 Å². The predicted octanol–water partition coefficient (Wildman–Crippen LogP) is 30.2. The molecule has 0 aliphatic heterocycles. The highest BCUT2D eigenvalue weighted by molar-refractivity contribution is 7.31. The zero-order valence-corrected chi connectivity index (χ0v) is 65.9. The van der Waals surface area contributed by atoms with Crippen molar-refractivity contribution < 1.29 is 0 Å². The van der Waals surface area contributed by atoms with E-state index in [1.807, 2.05) is 11.1 Å². The fraction of sp³-hybridized carbons (Fsp3) is 0.628. The van der Waals surface area contributed by atoms with Crippen molar-refractivity contribution in [3.63, 3.8) is 0 Å². The molecule has 0 radical (unpaired) electrons. The molecule has 0 saturated heterocycles. The summed E-state index contributed by atoms with van der Waals surface area (Å²) in [5.74, 6) is 0. The molecule has 6 heterocycles. The number of rotatable bonds is 41. The van der Waals surface area contributed by atoms with Gasteiger partial charge in [-0.1, -0.05) is 267 Å². The van der Waals surface area contributed by atoms with Gasteiger partial charge in [-0.2, -0.15) is 17.5 Å². The SMILES string of the molecule is CCCCCCC1(CCCCCC)C2=C(c3sc4cc(C)sc4c31)C(CCCCCC)(CCCCCC)c1c2sc2cc(-c3cc4c(c5nsnc35)-c3cc5c(cc3C4(CCCCCC)CCCCCC)-c3c(cc(C)c4nsnc34)C5(CCCCCC)CCCCCC)sc12. The van der Waals surface area contributed by atoms with Crippen molar-refractivity contribution in [1.82, 2.24) is 17.5 Å². The van der Waals surface area contributed by atoms with Gasteiger partial charge in [-0.25, -0.2) is 0 Å². The van der Waals surface area contributed by atoms with Crippen LogP contribution in [0, 0.1) is 13.8 Å². The quantitative estimate of drug-likeness (QED) is 0.0358. The highest BCUT2D eigenvalue weighted by atomic mass is 32.1. The van der Waals surface area contributed by atoms with Gasteiger partial charge in [-0.3, -0.25) is 0 Å². The molecule has 4 aliphatic carbocycles. The lowest BCUT2D eigenvalue weighted by Crippen LogP contribution is -2.27. The number of thiophene rings is 4. The van der Waals surface area contributed by atoms with Crippen LogP contribution in [0.3, 0.4) is 0 Å². The van der Waals surface area contributed by atoms with Gasteiger partial charge < -0.3 is 0 Å². The van der Waals surface area contributed by atoms with Crippen molar-refractivity contribution in [2.24, 2.45) is 0 Å². The normalized spacial score (nSPS) is 15.9. The summed E-state index contributed by atoms with van der Waals surface area (Å²) in [7, 11) is 0. The second kappa shape index (κ2) is 31.3. The summed E-state index contributed by atoms with van der Waals surface area (Å²) in [5.41, 5.74) is 26.2. The Bertz CT molecular complexity index is 4120. The molecule has 0 bridgehead atoms.